The average molecular weight is 472 g/mol. The van der Waals surface area contributed by atoms with Crippen LogP contribution in [0.5, 0.6) is 0 Å². The van der Waals surface area contributed by atoms with Crippen LogP contribution in [0, 0.1) is 0 Å². The summed E-state index contributed by atoms with van der Waals surface area (Å²) in [7, 11) is 1.78. The van der Waals surface area contributed by atoms with E-state index in [-0.39, 0.29) is 17.6 Å². The number of aromatic nitrogens is 3. The van der Waals surface area contributed by atoms with Crippen LogP contribution >= 0.6 is 0 Å². The van der Waals surface area contributed by atoms with Gasteiger partial charge in [-0.2, -0.15) is 0 Å². The number of hydrogen-bond donors (Lipinski definition) is 0. The van der Waals surface area contributed by atoms with Gasteiger partial charge in [-0.1, -0.05) is 31.2 Å². The molecule has 0 bridgehead atoms. The van der Waals surface area contributed by atoms with Crippen molar-refractivity contribution in [1.82, 2.24) is 19.9 Å². The summed E-state index contributed by atoms with van der Waals surface area (Å²) in [5.41, 5.74) is 4.08. The summed E-state index contributed by atoms with van der Waals surface area (Å²) in [6.45, 7) is 6.02. The molecule has 3 heterocycles. The van der Waals surface area contributed by atoms with Crippen LogP contribution in [0.3, 0.4) is 0 Å². The summed E-state index contributed by atoms with van der Waals surface area (Å²) in [6.07, 6.45) is 9.34. The third-order valence-electron chi connectivity index (χ3n) is 6.75. The third-order valence-corrected chi connectivity index (χ3v) is 6.75. The molecule has 7 heteroatoms. The lowest BCUT2D eigenvalue weighted by Gasteiger charge is -2.32. The molecule has 0 N–H and O–H groups in total. The van der Waals surface area contributed by atoms with Crippen molar-refractivity contribution in [2.24, 2.45) is 0 Å². The molecule has 1 fully saturated rings. The molecule has 1 amide bonds. The number of piperidine rings is 1. The molecule has 0 unspecified atom stereocenters. The van der Waals surface area contributed by atoms with Gasteiger partial charge in [0.15, 0.2) is 0 Å². The number of rotatable bonds is 8. The van der Waals surface area contributed by atoms with E-state index in [1.807, 2.05) is 12.1 Å². The minimum absolute atomic E-state index is 0.104. The lowest BCUT2D eigenvalue weighted by Crippen LogP contribution is -2.34. The molecule has 0 saturated carbocycles. The highest BCUT2D eigenvalue weighted by molar-refractivity contribution is 5.93. The molecule has 0 spiro atoms. The van der Waals surface area contributed by atoms with E-state index >= 15 is 0 Å². The van der Waals surface area contributed by atoms with Gasteiger partial charge in [-0.25, -0.2) is 9.97 Å². The standard InChI is InChI=1S/C28H33N5O2/c1-20(16-21(2)34)23-4-6-24(7-5-23)25-10-14-33(15-11-25)28-30-17-26(18-31-28)27(35)32(3)19-22-8-12-29-13-9-22/h4-9,12-13,17-18,20,25H,10-11,14-16,19H2,1-3H3/t20-/m1/s1. The summed E-state index contributed by atoms with van der Waals surface area (Å²) in [5, 5.41) is 0. The van der Waals surface area contributed by atoms with E-state index < -0.39 is 0 Å². The summed E-state index contributed by atoms with van der Waals surface area (Å²) in [4.78, 5) is 41.0. The van der Waals surface area contributed by atoms with Crippen LogP contribution in [0.2, 0.25) is 0 Å². The maximum absolute atomic E-state index is 12.8. The molecule has 1 aromatic carbocycles. The Kier molecular flexibility index (Phi) is 7.85. The first-order valence-corrected chi connectivity index (χ1v) is 12.2. The molecule has 7 nitrogen and oxygen atoms in total. The van der Waals surface area contributed by atoms with Crippen molar-refractivity contribution in [2.45, 2.75) is 51.5 Å². The van der Waals surface area contributed by atoms with Crippen molar-refractivity contribution >= 4 is 17.6 Å². The fourth-order valence-corrected chi connectivity index (χ4v) is 4.71. The van der Waals surface area contributed by atoms with Gasteiger partial charge in [0, 0.05) is 57.9 Å². The summed E-state index contributed by atoms with van der Waals surface area (Å²) in [6, 6.07) is 12.6. The Morgan fingerprint density at radius 2 is 1.66 bits per heavy atom. The fourth-order valence-electron chi connectivity index (χ4n) is 4.71. The predicted octanol–water partition coefficient (Wildman–Crippen LogP) is 4.61. The second-order valence-electron chi connectivity index (χ2n) is 9.52. The Labute approximate surface area is 207 Å². The van der Waals surface area contributed by atoms with Gasteiger partial charge in [0.05, 0.1) is 5.56 Å². The monoisotopic (exact) mass is 471 g/mol. The molecule has 182 valence electrons. The Morgan fingerprint density at radius 1 is 1.03 bits per heavy atom. The summed E-state index contributed by atoms with van der Waals surface area (Å²) < 4.78 is 0. The SMILES string of the molecule is CC(=O)C[C@@H](C)c1ccc(C2CCN(c3ncc(C(=O)N(C)Cc4ccncc4)cn3)CC2)cc1. The molecule has 1 aliphatic rings. The second kappa shape index (κ2) is 11.2. The number of amides is 1. The Morgan fingerprint density at radius 3 is 2.26 bits per heavy atom. The highest BCUT2D eigenvalue weighted by Gasteiger charge is 2.23. The Hall–Kier alpha value is -3.61. The summed E-state index contributed by atoms with van der Waals surface area (Å²) in [5.74, 6) is 1.56. The molecular formula is C28H33N5O2. The molecule has 0 aliphatic carbocycles. The number of Topliss-reactive ketones (excluding diaryl/α,β-unsaturated/α-hetero) is 1. The number of nitrogens with zero attached hydrogens (tertiary/aromatic N) is 5. The highest BCUT2D eigenvalue weighted by atomic mass is 16.2. The van der Waals surface area contributed by atoms with E-state index in [1.165, 1.54) is 11.1 Å². The quantitative estimate of drug-likeness (QED) is 0.477. The van der Waals surface area contributed by atoms with Crippen LogP contribution in [0.4, 0.5) is 5.95 Å². The van der Waals surface area contributed by atoms with E-state index in [0.717, 1.165) is 31.5 Å². The number of carbonyl (C=O) groups is 2. The van der Waals surface area contributed by atoms with Crippen molar-refractivity contribution < 1.29 is 9.59 Å². The van der Waals surface area contributed by atoms with E-state index in [2.05, 4.69) is 51.0 Å². The number of hydrogen-bond acceptors (Lipinski definition) is 6. The van der Waals surface area contributed by atoms with Gasteiger partial charge in [-0.05, 0) is 60.4 Å². The van der Waals surface area contributed by atoms with Crippen LogP contribution in [0.1, 0.15) is 72.0 Å². The predicted molar refractivity (Wildman–Crippen MR) is 136 cm³/mol. The molecule has 2 aromatic heterocycles. The van der Waals surface area contributed by atoms with E-state index in [0.29, 0.717) is 30.4 Å². The van der Waals surface area contributed by atoms with Crippen molar-refractivity contribution in [3.63, 3.8) is 0 Å². The number of benzene rings is 1. The zero-order valence-corrected chi connectivity index (χ0v) is 20.7. The van der Waals surface area contributed by atoms with Crippen LogP contribution in [-0.4, -0.2) is 51.7 Å². The largest absolute Gasteiger partial charge is 0.341 e. The number of carbonyl (C=O) groups excluding carboxylic acids is 2. The van der Waals surface area contributed by atoms with E-state index in [4.69, 9.17) is 0 Å². The van der Waals surface area contributed by atoms with Gasteiger partial charge in [-0.3, -0.25) is 9.78 Å². The average Bonchev–Trinajstić information content (AvgIpc) is 2.89. The van der Waals surface area contributed by atoms with Crippen molar-refractivity contribution in [1.29, 1.82) is 0 Å². The molecule has 4 rings (SSSR count). The van der Waals surface area contributed by atoms with Gasteiger partial charge in [0.2, 0.25) is 5.95 Å². The summed E-state index contributed by atoms with van der Waals surface area (Å²) >= 11 is 0. The molecule has 1 atom stereocenters. The Bertz CT molecular complexity index is 1120. The zero-order chi connectivity index (χ0) is 24.8. The Balaban J connectivity index is 1.31. The minimum Gasteiger partial charge on any atom is -0.341 e. The van der Waals surface area contributed by atoms with E-state index in [1.54, 1.807) is 43.7 Å². The molecule has 35 heavy (non-hydrogen) atoms. The lowest BCUT2D eigenvalue weighted by molar-refractivity contribution is -0.117. The first-order valence-electron chi connectivity index (χ1n) is 12.2. The first kappa shape index (κ1) is 24.5. The number of ketones is 1. The number of anilines is 1. The third kappa shape index (κ3) is 6.29. The topological polar surface area (TPSA) is 79.3 Å². The van der Waals surface area contributed by atoms with Crippen LogP contribution in [0.25, 0.3) is 0 Å². The van der Waals surface area contributed by atoms with Crippen LogP contribution in [0.15, 0.2) is 61.2 Å². The van der Waals surface area contributed by atoms with Gasteiger partial charge in [0.1, 0.15) is 5.78 Å². The van der Waals surface area contributed by atoms with Crippen molar-refractivity contribution in [3.8, 4) is 0 Å². The molecular weight excluding hydrogens is 438 g/mol. The van der Waals surface area contributed by atoms with Crippen LogP contribution in [-0.2, 0) is 11.3 Å². The van der Waals surface area contributed by atoms with Gasteiger partial charge in [-0.15, -0.1) is 0 Å². The van der Waals surface area contributed by atoms with Gasteiger partial charge < -0.3 is 14.6 Å². The molecule has 1 saturated heterocycles. The normalized spacial score (nSPS) is 15.0. The van der Waals surface area contributed by atoms with Crippen LogP contribution < -0.4 is 4.90 Å². The minimum atomic E-state index is -0.104. The lowest BCUT2D eigenvalue weighted by atomic mass is 9.87. The maximum atomic E-state index is 12.8. The van der Waals surface area contributed by atoms with Gasteiger partial charge >= 0.3 is 0 Å². The van der Waals surface area contributed by atoms with E-state index in [9.17, 15) is 9.59 Å². The zero-order valence-electron chi connectivity index (χ0n) is 20.7. The maximum Gasteiger partial charge on any atom is 0.257 e. The first-order chi connectivity index (χ1) is 16.9. The van der Waals surface area contributed by atoms with Crippen molar-refractivity contribution in [2.75, 3.05) is 25.0 Å². The molecule has 3 aromatic rings. The smallest absolute Gasteiger partial charge is 0.257 e. The fraction of sp³-hybridized carbons (Fsp3) is 0.393. The highest BCUT2D eigenvalue weighted by Crippen LogP contribution is 2.30. The van der Waals surface area contributed by atoms with Crippen molar-refractivity contribution in [3.05, 3.63) is 83.4 Å². The number of pyridine rings is 1. The molecule has 0 radical (unpaired) electrons. The molecule has 1 aliphatic heterocycles. The van der Waals surface area contributed by atoms with Gasteiger partial charge in [0.25, 0.3) is 5.91 Å². The second-order valence-corrected chi connectivity index (χ2v) is 9.52.